The number of rotatable bonds is 4. The highest BCUT2D eigenvalue weighted by atomic mass is 16.1. The van der Waals surface area contributed by atoms with Gasteiger partial charge in [-0.1, -0.05) is 6.92 Å². The fraction of sp³-hybridized carbons (Fsp3) is 0.640. The number of hydrogen-bond donors (Lipinski definition) is 1. The molecule has 33 heavy (non-hydrogen) atoms. The van der Waals surface area contributed by atoms with Crippen LogP contribution in [0.15, 0.2) is 29.5 Å². The molecule has 2 atom stereocenters. The first kappa shape index (κ1) is 19.8. The molecule has 4 heterocycles. The summed E-state index contributed by atoms with van der Waals surface area (Å²) in [6.45, 7) is 4.75. The molecular formula is C25H31N7O. The molecule has 8 heteroatoms. The molecule has 1 aliphatic heterocycles. The van der Waals surface area contributed by atoms with Gasteiger partial charge in [0.1, 0.15) is 17.5 Å². The Labute approximate surface area is 192 Å². The molecule has 0 radical (unpaired) electrons. The summed E-state index contributed by atoms with van der Waals surface area (Å²) in [4.78, 5) is 32.2. The molecular weight excluding hydrogens is 414 g/mol. The fourth-order valence-corrected chi connectivity index (χ4v) is 7.99. The van der Waals surface area contributed by atoms with E-state index in [4.69, 9.17) is 10.1 Å². The van der Waals surface area contributed by atoms with Crippen molar-refractivity contribution < 1.29 is 0 Å². The minimum absolute atomic E-state index is 0.0690. The predicted molar refractivity (Wildman–Crippen MR) is 123 cm³/mol. The quantitative estimate of drug-likeness (QED) is 0.664. The van der Waals surface area contributed by atoms with Gasteiger partial charge in [-0.2, -0.15) is 5.10 Å². The molecule has 0 spiro atoms. The Morgan fingerprint density at radius 3 is 2.42 bits per heavy atom. The predicted octanol–water partition coefficient (Wildman–Crippen LogP) is 2.91. The van der Waals surface area contributed by atoms with Crippen LogP contribution in [-0.4, -0.2) is 47.5 Å². The van der Waals surface area contributed by atoms with Crippen LogP contribution in [0.1, 0.15) is 68.8 Å². The van der Waals surface area contributed by atoms with Gasteiger partial charge in [0.15, 0.2) is 5.52 Å². The first-order valence-corrected chi connectivity index (χ1v) is 12.5. The summed E-state index contributed by atoms with van der Waals surface area (Å²) in [6, 6.07) is 1.84. The number of likely N-dealkylation sites (tertiary alicyclic amines) is 1. The minimum atomic E-state index is -0.0690. The summed E-state index contributed by atoms with van der Waals surface area (Å²) in [7, 11) is 0. The lowest BCUT2D eigenvalue weighted by Crippen LogP contribution is -2.49. The maximum atomic E-state index is 13.1. The Kier molecular flexibility index (Phi) is 4.32. The van der Waals surface area contributed by atoms with Gasteiger partial charge < -0.3 is 4.98 Å². The van der Waals surface area contributed by atoms with Crippen molar-refractivity contribution in [2.45, 2.75) is 63.3 Å². The molecule has 2 unspecified atom stereocenters. The lowest BCUT2D eigenvalue weighted by molar-refractivity contribution is -0.0101. The summed E-state index contributed by atoms with van der Waals surface area (Å²) in [6.07, 6.45) is 13.1. The van der Waals surface area contributed by atoms with Crippen molar-refractivity contribution in [1.29, 1.82) is 0 Å². The third kappa shape index (κ3) is 3.17. The van der Waals surface area contributed by atoms with Crippen LogP contribution in [0.25, 0.3) is 5.52 Å². The second-order valence-electron chi connectivity index (χ2n) is 11.4. The van der Waals surface area contributed by atoms with E-state index in [0.29, 0.717) is 11.4 Å². The highest BCUT2D eigenvalue weighted by Crippen LogP contribution is 2.60. The number of nitrogens with zero attached hydrogens (tertiary/aromatic N) is 6. The number of nitrogens with one attached hydrogen (secondary N) is 1. The van der Waals surface area contributed by atoms with Gasteiger partial charge in [-0.25, -0.2) is 19.5 Å². The average Bonchev–Trinajstić information content (AvgIpc) is 3.37. The summed E-state index contributed by atoms with van der Waals surface area (Å²) in [5, 5.41) is 5.07. The van der Waals surface area contributed by atoms with Gasteiger partial charge in [-0.05, 0) is 68.3 Å². The molecule has 4 bridgehead atoms. The average molecular weight is 446 g/mol. The summed E-state index contributed by atoms with van der Waals surface area (Å²) < 4.78 is 1.93. The standard InChI is InChI=1S/C25H31N7O/c1-15-12-31(14-21-26-3-2-4-27-21)13-19(15)22-29-23(33)20-11-28-24(32(20)30-22)25-8-16-5-17(9-25)7-18(6-16)10-25/h2-4,11,15-19H,5-10,12-14H2,1H3,(H,29,30,33). The highest BCUT2D eigenvalue weighted by molar-refractivity contribution is 5.44. The SMILES string of the molecule is CC1CN(Cc2ncccn2)CC1c1nn2c(C34CC5CC(CC(C5)C3)C4)ncc2c(=O)[nH]1. The third-order valence-corrected chi connectivity index (χ3v) is 8.96. The van der Waals surface area contributed by atoms with E-state index >= 15 is 0 Å². The maximum Gasteiger partial charge on any atom is 0.276 e. The lowest BCUT2D eigenvalue weighted by Gasteiger charge is -2.56. The summed E-state index contributed by atoms with van der Waals surface area (Å²) in [5.41, 5.74) is 0.627. The van der Waals surface area contributed by atoms with E-state index in [0.717, 1.165) is 54.9 Å². The number of hydrogen-bond acceptors (Lipinski definition) is 6. The molecule has 5 fully saturated rings. The molecule has 3 aromatic rings. The zero-order chi connectivity index (χ0) is 22.2. The first-order chi connectivity index (χ1) is 16.1. The first-order valence-electron chi connectivity index (χ1n) is 12.5. The second kappa shape index (κ2) is 7.19. The molecule has 3 aromatic heterocycles. The Morgan fingerprint density at radius 2 is 1.73 bits per heavy atom. The van der Waals surface area contributed by atoms with E-state index in [-0.39, 0.29) is 16.9 Å². The largest absolute Gasteiger partial charge is 0.307 e. The monoisotopic (exact) mass is 445 g/mol. The zero-order valence-corrected chi connectivity index (χ0v) is 19.2. The Bertz CT molecular complexity index is 1210. The van der Waals surface area contributed by atoms with Gasteiger partial charge in [-0.15, -0.1) is 0 Å². The number of aromatic nitrogens is 6. The van der Waals surface area contributed by atoms with Crippen molar-refractivity contribution in [3.8, 4) is 0 Å². The van der Waals surface area contributed by atoms with Crippen molar-refractivity contribution in [2.75, 3.05) is 13.1 Å². The van der Waals surface area contributed by atoms with E-state index in [1.807, 2.05) is 10.6 Å². The normalized spacial score (nSPS) is 35.6. The van der Waals surface area contributed by atoms with E-state index in [1.165, 1.54) is 38.5 Å². The van der Waals surface area contributed by atoms with Gasteiger partial charge in [0, 0.05) is 36.8 Å². The van der Waals surface area contributed by atoms with Crippen molar-refractivity contribution in [2.24, 2.45) is 23.7 Å². The van der Waals surface area contributed by atoms with Crippen LogP contribution in [0, 0.1) is 23.7 Å². The Balaban J connectivity index is 1.23. The Hall–Kier alpha value is -2.61. The van der Waals surface area contributed by atoms with Crippen LogP contribution in [0.3, 0.4) is 0 Å². The zero-order valence-electron chi connectivity index (χ0n) is 19.2. The van der Waals surface area contributed by atoms with Crippen LogP contribution >= 0.6 is 0 Å². The minimum Gasteiger partial charge on any atom is -0.307 e. The number of aromatic amines is 1. The summed E-state index contributed by atoms with van der Waals surface area (Å²) >= 11 is 0. The molecule has 0 aromatic carbocycles. The molecule has 1 saturated heterocycles. The summed E-state index contributed by atoms with van der Waals surface area (Å²) in [5.74, 6) is 5.72. The van der Waals surface area contributed by atoms with Gasteiger partial charge in [0.25, 0.3) is 5.56 Å². The molecule has 5 aliphatic rings. The van der Waals surface area contributed by atoms with Gasteiger partial charge in [-0.3, -0.25) is 9.69 Å². The van der Waals surface area contributed by atoms with E-state index < -0.39 is 0 Å². The van der Waals surface area contributed by atoms with Crippen LogP contribution < -0.4 is 5.56 Å². The van der Waals surface area contributed by atoms with E-state index in [1.54, 1.807) is 18.6 Å². The maximum absolute atomic E-state index is 13.1. The highest BCUT2D eigenvalue weighted by Gasteiger charge is 2.53. The van der Waals surface area contributed by atoms with Gasteiger partial charge in [0.05, 0.1) is 12.7 Å². The van der Waals surface area contributed by atoms with Crippen LogP contribution in [0.2, 0.25) is 0 Å². The van der Waals surface area contributed by atoms with Crippen molar-refractivity contribution in [1.82, 2.24) is 34.4 Å². The smallest absolute Gasteiger partial charge is 0.276 e. The molecule has 4 saturated carbocycles. The van der Waals surface area contributed by atoms with Gasteiger partial charge in [0.2, 0.25) is 0 Å². The molecule has 172 valence electrons. The number of H-pyrrole nitrogens is 1. The lowest BCUT2D eigenvalue weighted by atomic mass is 9.49. The second-order valence-corrected chi connectivity index (χ2v) is 11.4. The number of fused-ring (bicyclic) bond motifs is 1. The molecule has 0 amide bonds. The third-order valence-electron chi connectivity index (χ3n) is 8.96. The molecule has 8 rings (SSSR count). The van der Waals surface area contributed by atoms with Crippen LogP contribution in [0.5, 0.6) is 0 Å². The molecule has 1 N–H and O–H groups in total. The van der Waals surface area contributed by atoms with Crippen LogP contribution in [0.4, 0.5) is 0 Å². The van der Waals surface area contributed by atoms with E-state index in [2.05, 4.69) is 26.8 Å². The fourth-order valence-electron chi connectivity index (χ4n) is 7.99. The Morgan fingerprint density at radius 1 is 1.03 bits per heavy atom. The van der Waals surface area contributed by atoms with Crippen molar-refractivity contribution in [3.05, 3.63) is 52.5 Å². The van der Waals surface area contributed by atoms with Gasteiger partial charge >= 0.3 is 0 Å². The topological polar surface area (TPSA) is 92.1 Å². The van der Waals surface area contributed by atoms with E-state index in [9.17, 15) is 4.79 Å². The van der Waals surface area contributed by atoms with Crippen molar-refractivity contribution >= 4 is 5.52 Å². The molecule has 4 aliphatic carbocycles. The number of imidazole rings is 1. The molecule has 8 nitrogen and oxygen atoms in total. The van der Waals surface area contributed by atoms with Crippen molar-refractivity contribution in [3.63, 3.8) is 0 Å². The van der Waals surface area contributed by atoms with Crippen LogP contribution in [-0.2, 0) is 12.0 Å².